The molecule has 3 nitrogen and oxygen atoms in total. The maximum Gasteiger partial charge on any atom is 0.272 e. The van der Waals surface area contributed by atoms with Crippen LogP contribution in [0.5, 0.6) is 0 Å². The van der Waals surface area contributed by atoms with E-state index in [1.807, 2.05) is 23.1 Å². The van der Waals surface area contributed by atoms with Gasteiger partial charge >= 0.3 is 0 Å². The number of likely N-dealkylation sites (tertiary alicyclic amines) is 1. The Morgan fingerprint density at radius 1 is 1.12 bits per heavy atom. The Bertz CT molecular complexity index is 723. The summed E-state index contributed by atoms with van der Waals surface area (Å²) in [7, 11) is 0. The van der Waals surface area contributed by atoms with E-state index in [9.17, 15) is 4.79 Å². The van der Waals surface area contributed by atoms with E-state index < -0.39 is 0 Å². The molecule has 4 heteroatoms. The van der Waals surface area contributed by atoms with Crippen LogP contribution in [0.15, 0.2) is 41.3 Å². The van der Waals surface area contributed by atoms with Crippen LogP contribution < -0.4 is 0 Å². The predicted molar refractivity (Wildman–Crippen MR) is 99.5 cm³/mol. The van der Waals surface area contributed by atoms with Gasteiger partial charge in [-0.25, -0.2) is 4.98 Å². The summed E-state index contributed by atoms with van der Waals surface area (Å²) < 4.78 is 0. The molecule has 1 saturated heterocycles. The van der Waals surface area contributed by atoms with Gasteiger partial charge in [-0.1, -0.05) is 23.8 Å². The quantitative estimate of drug-likeness (QED) is 0.762. The second-order valence-corrected chi connectivity index (χ2v) is 7.44. The number of aryl methyl sites for hydroxylation is 2. The van der Waals surface area contributed by atoms with Gasteiger partial charge in [0.05, 0.1) is 5.69 Å². The smallest absolute Gasteiger partial charge is 0.272 e. The van der Waals surface area contributed by atoms with Crippen LogP contribution in [0.25, 0.3) is 0 Å². The summed E-state index contributed by atoms with van der Waals surface area (Å²) in [6.45, 7) is 5.97. The molecule has 1 aliphatic heterocycles. The lowest BCUT2D eigenvalue weighted by molar-refractivity contribution is 0.0718. The zero-order valence-corrected chi connectivity index (χ0v) is 15.2. The molecule has 126 valence electrons. The van der Waals surface area contributed by atoms with Crippen molar-refractivity contribution >= 4 is 17.7 Å². The molecule has 24 heavy (non-hydrogen) atoms. The van der Waals surface area contributed by atoms with Crippen LogP contribution in [0.3, 0.4) is 0 Å². The van der Waals surface area contributed by atoms with Crippen LogP contribution in [0.1, 0.15) is 46.6 Å². The molecule has 1 aromatic carbocycles. The van der Waals surface area contributed by atoms with Gasteiger partial charge in [0, 0.05) is 23.7 Å². The first-order valence-electron chi connectivity index (χ1n) is 8.59. The fraction of sp³-hybridized carbons (Fsp3) is 0.400. The van der Waals surface area contributed by atoms with Gasteiger partial charge in [-0.2, -0.15) is 0 Å². The molecule has 0 spiro atoms. The average molecular weight is 340 g/mol. The van der Waals surface area contributed by atoms with Gasteiger partial charge in [0.1, 0.15) is 5.69 Å². The van der Waals surface area contributed by atoms with Crippen LogP contribution in [-0.2, 0) is 5.75 Å². The molecule has 0 saturated carbocycles. The zero-order chi connectivity index (χ0) is 16.9. The lowest BCUT2D eigenvalue weighted by Crippen LogP contribution is -2.36. The van der Waals surface area contributed by atoms with Crippen molar-refractivity contribution in [2.24, 2.45) is 0 Å². The van der Waals surface area contributed by atoms with E-state index in [0.717, 1.165) is 37.4 Å². The lowest BCUT2D eigenvalue weighted by Gasteiger charge is -2.26. The number of aromatic nitrogens is 1. The molecule has 0 radical (unpaired) electrons. The third-order valence-electron chi connectivity index (χ3n) is 4.38. The number of benzene rings is 1. The Hall–Kier alpha value is -1.81. The molecule has 3 rings (SSSR count). The highest BCUT2D eigenvalue weighted by Crippen LogP contribution is 2.26. The van der Waals surface area contributed by atoms with E-state index in [4.69, 9.17) is 0 Å². The summed E-state index contributed by atoms with van der Waals surface area (Å²) in [6.07, 6.45) is 3.44. The number of carbonyl (C=O) groups is 1. The summed E-state index contributed by atoms with van der Waals surface area (Å²) >= 11 is 1.78. The van der Waals surface area contributed by atoms with Crippen molar-refractivity contribution in [1.82, 2.24) is 9.88 Å². The molecule has 1 aliphatic rings. The first-order chi connectivity index (χ1) is 11.6. The number of pyridine rings is 1. The number of nitrogens with zero attached hydrogens (tertiary/aromatic N) is 2. The summed E-state index contributed by atoms with van der Waals surface area (Å²) in [5, 5.41) is 0. The fourth-order valence-corrected chi connectivity index (χ4v) is 3.97. The van der Waals surface area contributed by atoms with Crippen LogP contribution in [0.4, 0.5) is 0 Å². The minimum atomic E-state index is 0.0769. The van der Waals surface area contributed by atoms with Gasteiger partial charge in [0.2, 0.25) is 0 Å². The molecule has 2 aromatic rings. The van der Waals surface area contributed by atoms with Crippen molar-refractivity contribution in [2.45, 2.75) is 43.8 Å². The Balaban J connectivity index is 1.67. The topological polar surface area (TPSA) is 33.2 Å². The van der Waals surface area contributed by atoms with Gasteiger partial charge in [-0.05, 0) is 56.9 Å². The molecule has 1 fully saturated rings. The van der Waals surface area contributed by atoms with E-state index in [1.54, 1.807) is 11.8 Å². The Labute approximate surface area is 148 Å². The van der Waals surface area contributed by atoms with Crippen molar-refractivity contribution in [1.29, 1.82) is 0 Å². The summed E-state index contributed by atoms with van der Waals surface area (Å²) in [6, 6.07) is 12.3. The first kappa shape index (κ1) is 17.0. The SMILES string of the molecule is Cc1ccc(SCc2cccc(C(=O)N3CCCCC3)n2)c(C)c1. The van der Waals surface area contributed by atoms with E-state index in [-0.39, 0.29) is 5.91 Å². The number of carbonyl (C=O) groups excluding carboxylic acids is 1. The van der Waals surface area contributed by atoms with Crippen molar-refractivity contribution in [3.63, 3.8) is 0 Å². The highest BCUT2D eigenvalue weighted by atomic mass is 32.2. The number of piperidine rings is 1. The Morgan fingerprint density at radius 2 is 1.92 bits per heavy atom. The predicted octanol–water partition coefficient (Wildman–Crippen LogP) is 4.62. The molecule has 1 amide bonds. The van der Waals surface area contributed by atoms with Crippen LogP contribution in [0, 0.1) is 13.8 Å². The van der Waals surface area contributed by atoms with Crippen molar-refractivity contribution in [3.05, 3.63) is 58.9 Å². The van der Waals surface area contributed by atoms with Gasteiger partial charge in [0.15, 0.2) is 0 Å². The Kier molecular flexibility index (Phi) is 5.56. The number of hydrogen-bond acceptors (Lipinski definition) is 3. The lowest BCUT2D eigenvalue weighted by atomic mass is 10.1. The normalized spacial score (nSPS) is 14.7. The third-order valence-corrected chi connectivity index (χ3v) is 5.58. The van der Waals surface area contributed by atoms with Crippen molar-refractivity contribution in [2.75, 3.05) is 13.1 Å². The standard InChI is InChI=1S/C20H24N2OS/c1-15-9-10-19(16(2)13-15)24-14-17-7-6-8-18(21-17)20(23)22-11-4-3-5-12-22/h6-10,13H,3-5,11-12,14H2,1-2H3. The minimum absolute atomic E-state index is 0.0769. The maximum absolute atomic E-state index is 12.6. The summed E-state index contributed by atoms with van der Waals surface area (Å²) in [5.41, 5.74) is 4.11. The van der Waals surface area contributed by atoms with Gasteiger partial charge in [-0.15, -0.1) is 11.8 Å². The fourth-order valence-electron chi connectivity index (χ4n) is 3.05. The second-order valence-electron chi connectivity index (χ2n) is 6.42. The van der Waals surface area contributed by atoms with Crippen molar-refractivity contribution in [3.8, 4) is 0 Å². The Morgan fingerprint density at radius 3 is 2.67 bits per heavy atom. The second kappa shape index (κ2) is 7.84. The van der Waals surface area contributed by atoms with E-state index >= 15 is 0 Å². The number of hydrogen-bond donors (Lipinski definition) is 0. The minimum Gasteiger partial charge on any atom is -0.337 e. The van der Waals surface area contributed by atoms with E-state index in [1.165, 1.54) is 22.4 Å². The third kappa shape index (κ3) is 4.18. The summed E-state index contributed by atoms with van der Waals surface area (Å²) in [4.78, 5) is 20.4. The molecular weight excluding hydrogens is 316 g/mol. The molecule has 0 aliphatic carbocycles. The number of thioether (sulfide) groups is 1. The first-order valence-corrected chi connectivity index (χ1v) is 9.57. The molecule has 0 unspecified atom stereocenters. The zero-order valence-electron chi connectivity index (χ0n) is 14.4. The number of amides is 1. The highest BCUT2D eigenvalue weighted by Gasteiger charge is 2.19. The molecular formula is C20H24N2OS. The molecule has 0 bridgehead atoms. The van der Waals surface area contributed by atoms with E-state index in [2.05, 4.69) is 37.0 Å². The molecule has 1 aromatic heterocycles. The highest BCUT2D eigenvalue weighted by molar-refractivity contribution is 7.98. The van der Waals surface area contributed by atoms with Crippen molar-refractivity contribution < 1.29 is 4.79 Å². The molecule has 0 atom stereocenters. The molecule has 0 N–H and O–H groups in total. The van der Waals surface area contributed by atoms with E-state index in [0.29, 0.717) is 5.69 Å². The van der Waals surface area contributed by atoms with Crippen LogP contribution in [-0.4, -0.2) is 28.9 Å². The summed E-state index contributed by atoms with van der Waals surface area (Å²) in [5.74, 6) is 0.860. The monoisotopic (exact) mass is 340 g/mol. The number of rotatable bonds is 4. The van der Waals surface area contributed by atoms with Gasteiger partial charge < -0.3 is 4.90 Å². The largest absolute Gasteiger partial charge is 0.337 e. The molecule has 2 heterocycles. The van der Waals surface area contributed by atoms with Gasteiger partial charge in [-0.3, -0.25) is 4.79 Å². The van der Waals surface area contributed by atoms with Crippen LogP contribution >= 0.6 is 11.8 Å². The van der Waals surface area contributed by atoms with Crippen LogP contribution in [0.2, 0.25) is 0 Å². The van der Waals surface area contributed by atoms with Gasteiger partial charge in [0.25, 0.3) is 5.91 Å². The average Bonchev–Trinajstić information content (AvgIpc) is 2.61. The maximum atomic E-state index is 12.6.